The average molecular weight is 430 g/mol. The zero-order chi connectivity index (χ0) is 16.7. The molecule has 124 valence electrons. The predicted molar refractivity (Wildman–Crippen MR) is 97.4 cm³/mol. The van der Waals surface area contributed by atoms with Gasteiger partial charge in [-0.15, -0.1) is 0 Å². The third-order valence-corrected chi connectivity index (χ3v) is 3.75. The van der Waals surface area contributed by atoms with Gasteiger partial charge in [-0.2, -0.15) is 4.39 Å². The number of nitrogens with one attached hydrogen (secondary N) is 1. The molecule has 0 aliphatic carbocycles. The first kappa shape index (κ1) is 17.9. The molecular formula is C17H20FIN2O2. The summed E-state index contributed by atoms with van der Waals surface area (Å²) in [5, 5.41) is 3.14. The van der Waals surface area contributed by atoms with Crippen molar-refractivity contribution in [2.24, 2.45) is 0 Å². The summed E-state index contributed by atoms with van der Waals surface area (Å²) in [5.41, 5.74) is 2.12. The SMILES string of the molecule is CCOCCOc1cc(C)ccc1CNc1cc(I)cc(F)n1. The van der Waals surface area contributed by atoms with Crippen LogP contribution in [0, 0.1) is 16.4 Å². The Hall–Kier alpha value is -1.41. The van der Waals surface area contributed by atoms with Crippen LogP contribution in [0.5, 0.6) is 5.75 Å². The molecule has 4 nitrogen and oxygen atoms in total. The highest BCUT2D eigenvalue weighted by atomic mass is 127. The fourth-order valence-electron chi connectivity index (χ4n) is 2.04. The van der Waals surface area contributed by atoms with E-state index in [0.717, 1.165) is 20.4 Å². The third kappa shape index (κ3) is 5.95. The number of aryl methyl sites for hydroxylation is 1. The number of benzene rings is 1. The van der Waals surface area contributed by atoms with Gasteiger partial charge in [0.15, 0.2) is 0 Å². The minimum Gasteiger partial charge on any atom is -0.491 e. The topological polar surface area (TPSA) is 43.4 Å². The summed E-state index contributed by atoms with van der Waals surface area (Å²) in [5.74, 6) is 0.829. The lowest BCUT2D eigenvalue weighted by atomic mass is 10.1. The molecule has 0 spiro atoms. The van der Waals surface area contributed by atoms with E-state index in [4.69, 9.17) is 9.47 Å². The maximum atomic E-state index is 13.3. The second-order valence-electron chi connectivity index (χ2n) is 5.00. The predicted octanol–water partition coefficient (Wildman–Crippen LogP) is 4.16. The first-order chi connectivity index (χ1) is 11.1. The molecule has 6 heteroatoms. The number of ether oxygens (including phenoxy) is 2. The van der Waals surface area contributed by atoms with Gasteiger partial charge in [0.05, 0.1) is 6.61 Å². The number of aromatic nitrogens is 1. The fourth-order valence-corrected chi connectivity index (χ4v) is 2.59. The van der Waals surface area contributed by atoms with E-state index in [0.29, 0.717) is 32.2 Å². The van der Waals surface area contributed by atoms with Gasteiger partial charge in [-0.1, -0.05) is 12.1 Å². The summed E-state index contributed by atoms with van der Waals surface area (Å²) in [6, 6.07) is 9.21. The number of hydrogen-bond donors (Lipinski definition) is 1. The molecule has 0 fully saturated rings. The lowest BCUT2D eigenvalue weighted by Crippen LogP contribution is -2.09. The second kappa shape index (κ2) is 9.02. The van der Waals surface area contributed by atoms with Crippen molar-refractivity contribution in [2.45, 2.75) is 20.4 Å². The van der Waals surface area contributed by atoms with Gasteiger partial charge in [0, 0.05) is 28.4 Å². The zero-order valence-electron chi connectivity index (χ0n) is 13.2. The van der Waals surface area contributed by atoms with Crippen molar-refractivity contribution >= 4 is 28.4 Å². The molecule has 0 bridgehead atoms. The van der Waals surface area contributed by atoms with E-state index in [9.17, 15) is 4.39 Å². The number of halogens is 2. The van der Waals surface area contributed by atoms with Crippen LogP contribution in [-0.4, -0.2) is 24.8 Å². The van der Waals surface area contributed by atoms with E-state index in [2.05, 4.69) is 32.9 Å². The number of hydrogen-bond acceptors (Lipinski definition) is 4. The van der Waals surface area contributed by atoms with Gasteiger partial charge in [-0.3, -0.25) is 0 Å². The van der Waals surface area contributed by atoms with Crippen LogP contribution >= 0.6 is 22.6 Å². The molecule has 0 amide bonds. The van der Waals surface area contributed by atoms with Crippen molar-refractivity contribution in [1.29, 1.82) is 0 Å². The number of nitrogens with zero attached hydrogens (tertiary/aromatic N) is 1. The Morgan fingerprint density at radius 3 is 2.78 bits per heavy atom. The van der Waals surface area contributed by atoms with E-state index in [1.165, 1.54) is 6.07 Å². The highest BCUT2D eigenvalue weighted by molar-refractivity contribution is 14.1. The van der Waals surface area contributed by atoms with Crippen molar-refractivity contribution < 1.29 is 13.9 Å². The maximum absolute atomic E-state index is 13.3. The Morgan fingerprint density at radius 1 is 1.22 bits per heavy atom. The van der Waals surface area contributed by atoms with Crippen molar-refractivity contribution in [3.8, 4) is 5.75 Å². The molecule has 1 aromatic carbocycles. The summed E-state index contributed by atoms with van der Waals surface area (Å²) < 4.78 is 25.2. The normalized spacial score (nSPS) is 10.6. The molecule has 0 aliphatic heterocycles. The molecular weight excluding hydrogens is 410 g/mol. The van der Waals surface area contributed by atoms with Gasteiger partial charge < -0.3 is 14.8 Å². The molecule has 0 saturated carbocycles. The highest BCUT2D eigenvalue weighted by Crippen LogP contribution is 2.22. The summed E-state index contributed by atoms with van der Waals surface area (Å²) in [4.78, 5) is 3.84. The van der Waals surface area contributed by atoms with E-state index < -0.39 is 5.95 Å². The van der Waals surface area contributed by atoms with Gasteiger partial charge in [-0.05, 0) is 54.1 Å². The monoisotopic (exact) mass is 430 g/mol. The Kier molecular flexibility index (Phi) is 7.04. The Balaban J connectivity index is 2.03. The van der Waals surface area contributed by atoms with Crippen LogP contribution in [0.3, 0.4) is 0 Å². The van der Waals surface area contributed by atoms with E-state index in [-0.39, 0.29) is 0 Å². The van der Waals surface area contributed by atoms with Crippen molar-refractivity contribution in [3.63, 3.8) is 0 Å². The minimum absolute atomic E-state index is 0.489. The lowest BCUT2D eigenvalue weighted by Gasteiger charge is -2.13. The Morgan fingerprint density at radius 2 is 2.04 bits per heavy atom. The summed E-state index contributed by atoms with van der Waals surface area (Å²) >= 11 is 2.06. The summed E-state index contributed by atoms with van der Waals surface area (Å²) in [6.07, 6.45) is 0. The van der Waals surface area contributed by atoms with E-state index in [1.54, 1.807) is 6.07 Å². The van der Waals surface area contributed by atoms with Crippen LogP contribution in [0.25, 0.3) is 0 Å². The van der Waals surface area contributed by atoms with Crippen LogP contribution < -0.4 is 10.1 Å². The van der Waals surface area contributed by atoms with Crippen LogP contribution in [-0.2, 0) is 11.3 Å². The van der Waals surface area contributed by atoms with Crippen LogP contribution in [0.1, 0.15) is 18.1 Å². The number of pyridine rings is 1. The van der Waals surface area contributed by atoms with Crippen LogP contribution in [0.4, 0.5) is 10.2 Å². The molecule has 0 saturated heterocycles. The summed E-state index contributed by atoms with van der Waals surface area (Å²) in [7, 11) is 0. The van der Waals surface area contributed by atoms with Gasteiger partial charge in [0.25, 0.3) is 0 Å². The molecule has 1 aromatic heterocycles. The minimum atomic E-state index is -0.489. The molecule has 0 radical (unpaired) electrons. The molecule has 1 heterocycles. The lowest BCUT2D eigenvalue weighted by molar-refractivity contribution is 0.110. The van der Waals surface area contributed by atoms with Gasteiger partial charge in [0.2, 0.25) is 5.95 Å². The van der Waals surface area contributed by atoms with Gasteiger partial charge >= 0.3 is 0 Å². The first-order valence-corrected chi connectivity index (χ1v) is 8.53. The third-order valence-electron chi connectivity index (χ3n) is 3.13. The van der Waals surface area contributed by atoms with E-state index in [1.807, 2.05) is 32.0 Å². The Labute approximate surface area is 149 Å². The molecule has 2 aromatic rings. The molecule has 0 aliphatic rings. The molecule has 1 N–H and O–H groups in total. The maximum Gasteiger partial charge on any atom is 0.215 e. The smallest absolute Gasteiger partial charge is 0.215 e. The van der Waals surface area contributed by atoms with Crippen molar-refractivity contribution in [2.75, 3.05) is 25.1 Å². The quantitative estimate of drug-likeness (QED) is 0.388. The highest BCUT2D eigenvalue weighted by Gasteiger charge is 2.06. The molecule has 0 unspecified atom stereocenters. The number of rotatable bonds is 8. The van der Waals surface area contributed by atoms with Gasteiger partial charge in [-0.25, -0.2) is 4.98 Å². The van der Waals surface area contributed by atoms with Crippen LogP contribution in [0.15, 0.2) is 30.3 Å². The average Bonchev–Trinajstić information content (AvgIpc) is 2.50. The first-order valence-electron chi connectivity index (χ1n) is 7.45. The van der Waals surface area contributed by atoms with Gasteiger partial charge in [0.1, 0.15) is 18.2 Å². The zero-order valence-corrected chi connectivity index (χ0v) is 15.4. The fraction of sp³-hybridized carbons (Fsp3) is 0.353. The van der Waals surface area contributed by atoms with E-state index >= 15 is 0 Å². The molecule has 2 rings (SSSR count). The van der Waals surface area contributed by atoms with Crippen LogP contribution in [0.2, 0.25) is 0 Å². The Bertz CT molecular complexity index is 632. The number of anilines is 1. The molecule has 0 atom stereocenters. The summed E-state index contributed by atoms with van der Waals surface area (Å²) in [6.45, 7) is 6.21. The van der Waals surface area contributed by atoms with Crippen molar-refractivity contribution in [1.82, 2.24) is 4.98 Å². The molecule has 23 heavy (non-hydrogen) atoms. The largest absolute Gasteiger partial charge is 0.491 e. The van der Waals surface area contributed by atoms with Crippen molar-refractivity contribution in [3.05, 3.63) is 51.0 Å². The second-order valence-corrected chi connectivity index (χ2v) is 6.25. The standard InChI is InChI=1S/C17H20FIN2O2/c1-3-22-6-7-23-15-8-12(2)4-5-13(15)11-20-17-10-14(19)9-16(18)21-17/h4-5,8-10H,3,6-7,11H2,1-2H3,(H,20,21).